The number of nitrogens with zero attached hydrogens (tertiary/aromatic N) is 1. The van der Waals surface area contributed by atoms with Crippen LogP contribution < -0.4 is 10.1 Å². The highest BCUT2D eigenvalue weighted by Gasteiger charge is 2.14. The lowest BCUT2D eigenvalue weighted by molar-refractivity contribution is 0.403. The van der Waals surface area contributed by atoms with Gasteiger partial charge in [-0.2, -0.15) is 0 Å². The molecule has 20 heavy (non-hydrogen) atoms. The Morgan fingerprint density at radius 2 is 2.05 bits per heavy atom. The van der Waals surface area contributed by atoms with Crippen LogP contribution >= 0.6 is 11.3 Å². The number of nitrogens with one attached hydrogen (secondary N) is 1. The summed E-state index contributed by atoms with van der Waals surface area (Å²) in [5.74, 6) is 0.957. The quantitative estimate of drug-likeness (QED) is 0.880. The van der Waals surface area contributed by atoms with Crippen molar-refractivity contribution in [2.45, 2.75) is 39.3 Å². The number of thiazole rings is 1. The molecule has 2 unspecified atom stereocenters. The molecule has 3 nitrogen and oxygen atoms in total. The van der Waals surface area contributed by atoms with E-state index in [1.54, 1.807) is 18.4 Å². The summed E-state index contributed by atoms with van der Waals surface area (Å²) in [7, 11) is 1.72. The van der Waals surface area contributed by atoms with Crippen LogP contribution in [0.4, 0.5) is 0 Å². The van der Waals surface area contributed by atoms with E-state index in [0.29, 0.717) is 6.04 Å². The van der Waals surface area contributed by atoms with Gasteiger partial charge in [-0.3, -0.25) is 0 Å². The summed E-state index contributed by atoms with van der Waals surface area (Å²) in [4.78, 5) is 5.70. The first-order chi connectivity index (χ1) is 9.60. The van der Waals surface area contributed by atoms with Crippen molar-refractivity contribution in [2.75, 3.05) is 7.11 Å². The van der Waals surface area contributed by atoms with E-state index in [9.17, 15) is 0 Å². The SMILES string of the molecule is COc1ccccc1CC(C)NC(C)c1ncc(C)s1. The molecule has 1 N–H and O–H groups in total. The molecule has 0 aliphatic heterocycles. The van der Waals surface area contributed by atoms with Crippen molar-refractivity contribution in [3.05, 3.63) is 45.9 Å². The first kappa shape index (κ1) is 15.0. The molecule has 0 amide bonds. The minimum Gasteiger partial charge on any atom is -0.496 e. The van der Waals surface area contributed by atoms with Crippen LogP contribution in [0.25, 0.3) is 0 Å². The molecule has 2 rings (SSSR count). The number of aromatic nitrogens is 1. The Hall–Kier alpha value is -1.39. The van der Waals surface area contributed by atoms with E-state index in [4.69, 9.17) is 4.74 Å². The molecular weight excluding hydrogens is 268 g/mol. The lowest BCUT2D eigenvalue weighted by Gasteiger charge is -2.19. The Kier molecular flexibility index (Phi) is 5.15. The number of methoxy groups -OCH3 is 1. The number of hydrogen-bond donors (Lipinski definition) is 1. The number of aryl methyl sites for hydroxylation is 1. The first-order valence-electron chi connectivity index (χ1n) is 6.90. The summed E-state index contributed by atoms with van der Waals surface area (Å²) >= 11 is 1.75. The molecule has 0 saturated heterocycles. The molecule has 0 spiro atoms. The van der Waals surface area contributed by atoms with Gasteiger partial charge >= 0.3 is 0 Å². The fourth-order valence-electron chi connectivity index (χ4n) is 2.33. The maximum atomic E-state index is 5.40. The summed E-state index contributed by atoms with van der Waals surface area (Å²) < 4.78 is 5.40. The van der Waals surface area contributed by atoms with Gasteiger partial charge < -0.3 is 10.1 Å². The summed E-state index contributed by atoms with van der Waals surface area (Å²) in [6.07, 6.45) is 2.88. The highest BCUT2D eigenvalue weighted by molar-refractivity contribution is 7.11. The predicted molar refractivity (Wildman–Crippen MR) is 84.6 cm³/mol. The van der Waals surface area contributed by atoms with Gasteiger partial charge in [0.15, 0.2) is 0 Å². The van der Waals surface area contributed by atoms with Crippen LogP contribution in [0.2, 0.25) is 0 Å². The van der Waals surface area contributed by atoms with Crippen LogP contribution in [0.3, 0.4) is 0 Å². The molecular formula is C16H22N2OS. The zero-order valence-electron chi connectivity index (χ0n) is 12.5. The average Bonchev–Trinajstić information content (AvgIpc) is 2.86. The molecule has 0 fully saturated rings. The third-order valence-corrected chi connectivity index (χ3v) is 4.36. The molecule has 0 saturated carbocycles. The monoisotopic (exact) mass is 290 g/mol. The van der Waals surface area contributed by atoms with Gasteiger partial charge in [-0.05, 0) is 38.8 Å². The number of hydrogen-bond acceptors (Lipinski definition) is 4. The van der Waals surface area contributed by atoms with Crippen molar-refractivity contribution in [3.8, 4) is 5.75 Å². The largest absolute Gasteiger partial charge is 0.496 e. The van der Waals surface area contributed by atoms with Crippen LogP contribution in [0.5, 0.6) is 5.75 Å². The van der Waals surface area contributed by atoms with Gasteiger partial charge in [0.05, 0.1) is 13.2 Å². The lowest BCUT2D eigenvalue weighted by atomic mass is 10.1. The first-order valence-corrected chi connectivity index (χ1v) is 7.72. The van der Waals surface area contributed by atoms with Crippen molar-refractivity contribution < 1.29 is 4.74 Å². The maximum absolute atomic E-state index is 5.40. The van der Waals surface area contributed by atoms with Crippen LogP contribution in [-0.4, -0.2) is 18.1 Å². The molecule has 0 bridgehead atoms. The van der Waals surface area contributed by atoms with Gasteiger partial charge in [0.1, 0.15) is 10.8 Å². The van der Waals surface area contributed by atoms with Crippen LogP contribution in [0, 0.1) is 6.92 Å². The zero-order valence-corrected chi connectivity index (χ0v) is 13.3. The van der Waals surface area contributed by atoms with Crippen LogP contribution in [0.15, 0.2) is 30.5 Å². The van der Waals surface area contributed by atoms with Gasteiger partial charge in [0.25, 0.3) is 0 Å². The molecule has 4 heteroatoms. The molecule has 1 aromatic carbocycles. The van der Waals surface area contributed by atoms with E-state index < -0.39 is 0 Å². The minimum atomic E-state index is 0.276. The Labute approximate surface area is 125 Å². The minimum absolute atomic E-state index is 0.276. The highest BCUT2D eigenvalue weighted by atomic mass is 32.1. The Morgan fingerprint density at radius 3 is 2.70 bits per heavy atom. The van der Waals surface area contributed by atoms with Crippen molar-refractivity contribution >= 4 is 11.3 Å². The van der Waals surface area contributed by atoms with E-state index in [2.05, 4.69) is 43.2 Å². The van der Waals surface area contributed by atoms with Crippen molar-refractivity contribution in [2.24, 2.45) is 0 Å². The molecule has 0 radical (unpaired) electrons. The summed E-state index contributed by atoms with van der Waals surface area (Å²) in [6.45, 7) is 6.45. The normalized spacial score (nSPS) is 14.0. The van der Waals surface area contributed by atoms with Gasteiger partial charge in [-0.15, -0.1) is 11.3 Å². The van der Waals surface area contributed by atoms with Crippen molar-refractivity contribution in [3.63, 3.8) is 0 Å². The molecule has 0 aliphatic rings. The number of rotatable bonds is 6. The van der Waals surface area contributed by atoms with Crippen LogP contribution in [0.1, 0.15) is 35.3 Å². The number of para-hydroxylation sites is 1. The molecule has 2 atom stereocenters. The Morgan fingerprint density at radius 1 is 1.30 bits per heavy atom. The fourth-order valence-corrected chi connectivity index (χ4v) is 3.12. The van der Waals surface area contributed by atoms with Crippen molar-refractivity contribution in [1.82, 2.24) is 10.3 Å². The topological polar surface area (TPSA) is 34.1 Å². The Balaban J connectivity index is 1.96. The smallest absolute Gasteiger partial charge is 0.122 e. The molecule has 1 aromatic heterocycles. The van der Waals surface area contributed by atoms with Gasteiger partial charge in [0, 0.05) is 17.1 Å². The van der Waals surface area contributed by atoms with E-state index in [0.717, 1.165) is 17.2 Å². The number of benzene rings is 1. The third kappa shape index (κ3) is 3.81. The second kappa shape index (κ2) is 6.86. The van der Waals surface area contributed by atoms with Gasteiger partial charge in [0.2, 0.25) is 0 Å². The maximum Gasteiger partial charge on any atom is 0.122 e. The standard InChI is InChI=1S/C16H22N2OS/c1-11(9-14-7-5-6-8-15(14)19-4)18-13(3)16-17-10-12(2)20-16/h5-8,10-11,13,18H,9H2,1-4H3. The van der Waals surface area contributed by atoms with Gasteiger partial charge in [-0.25, -0.2) is 4.98 Å². The third-order valence-electron chi connectivity index (χ3n) is 3.26. The average molecular weight is 290 g/mol. The van der Waals surface area contributed by atoms with E-state index in [-0.39, 0.29) is 6.04 Å². The summed E-state index contributed by atoms with van der Waals surface area (Å²) in [6, 6.07) is 8.83. The fraction of sp³-hybridized carbons (Fsp3) is 0.438. The van der Waals surface area contributed by atoms with E-state index in [1.165, 1.54) is 10.4 Å². The lowest BCUT2D eigenvalue weighted by Crippen LogP contribution is -2.30. The van der Waals surface area contributed by atoms with Crippen LogP contribution in [-0.2, 0) is 6.42 Å². The molecule has 1 heterocycles. The summed E-state index contributed by atoms with van der Waals surface area (Å²) in [5, 5.41) is 4.75. The number of ether oxygens (including phenoxy) is 1. The molecule has 2 aromatic rings. The van der Waals surface area contributed by atoms with E-state index in [1.807, 2.05) is 18.3 Å². The second-order valence-corrected chi connectivity index (χ2v) is 6.38. The zero-order chi connectivity index (χ0) is 14.5. The van der Waals surface area contributed by atoms with Crippen molar-refractivity contribution in [1.29, 1.82) is 0 Å². The van der Waals surface area contributed by atoms with E-state index >= 15 is 0 Å². The highest BCUT2D eigenvalue weighted by Crippen LogP contribution is 2.22. The predicted octanol–water partition coefficient (Wildman–Crippen LogP) is 3.74. The molecule has 0 aliphatic carbocycles. The second-order valence-electron chi connectivity index (χ2n) is 5.11. The Bertz CT molecular complexity index is 553. The molecule has 108 valence electrons. The summed E-state index contributed by atoms with van der Waals surface area (Å²) in [5.41, 5.74) is 1.23. The van der Waals surface area contributed by atoms with Gasteiger partial charge in [-0.1, -0.05) is 18.2 Å².